The lowest BCUT2D eigenvalue weighted by molar-refractivity contribution is -0.132. The van der Waals surface area contributed by atoms with Crippen LogP contribution in [-0.4, -0.2) is 26.9 Å². The van der Waals surface area contributed by atoms with E-state index in [9.17, 15) is 24.2 Å². The molecule has 0 saturated carbocycles. The first-order valence-electron chi connectivity index (χ1n) is 8.74. The fraction of sp³-hybridized carbons (Fsp3) is 0.0455. The highest BCUT2D eigenvalue weighted by Crippen LogP contribution is 2.45. The molecule has 7 heteroatoms. The molecule has 2 heterocycles. The number of benzene rings is 2. The number of hydrogen-bond acceptors (Lipinski definition) is 5. The van der Waals surface area contributed by atoms with Crippen LogP contribution in [0.1, 0.15) is 17.2 Å². The van der Waals surface area contributed by atoms with Crippen LogP contribution in [0, 0.1) is 5.82 Å². The molecule has 1 atom stereocenters. The van der Waals surface area contributed by atoms with Gasteiger partial charge in [-0.25, -0.2) is 4.39 Å². The Bertz CT molecular complexity index is 1140. The summed E-state index contributed by atoms with van der Waals surface area (Å²) in [5.41, 5.74) is 0.0494. The Labute approximate surface area is 165 Å². The van der Waals surface area contributed by atoms with E-state index in [2.05, 4.69) is 4.98 Å². The monoisotopic (exact) mass is 390 g/mol. The van der Waals surface area contributed by atoms with Crippen LogP contribution in [0.15, 0.2) is 78.6 Å². The molecule has 6 nitrogen and oxygen atoms in total. The fourth-order valence-electron chi connectivity index (χ4n) is 3.41. The van der Waals surface area contributed by atoms with Gasteiger partial charge in [-0.05, 0) is 30.3 Å². The number of Topliss-reactive ketones (excluding diaryl/α,β-unsaturated/α-hetero) is 1. The summed E-state index contributed by atoms with van der Waals surface area (Å²) in [7, 11) is 0. The van der Waals surface area contributed by atoms with Crippen molar-refractivity contribution < 1.29 is 24.2 Å². The number of aromatic nitrogens is 1. The molecule has 1 aromatic heterocycles. The van der Waals surface area contributed by atoms with Gasteiger partial charge in [-0.3, -0.25) is 19.5 Å². The van der Waals surface area contributed by atoms with Gasteiger partial charge in [-0.1, -0.05) is 30.3 Å². The summed E-state index contributed by atoms with van der Waals surface area (Å²) in [5.74, 6) is -3.30. The summed E-state index contributed by atoms with van der Waals surface area (Å²) in [5, 5.41) is 21.1. The first-order chi connectivity index (χ1) is 14.0. The first kappa shape index (κ1) is 18.4. The zero-order valence-electron chi connectivity index (χ0n) is 15.0. The van der Waals surface area contributed by atoms with Gasteiger partial charge in [0.05, 0.1) is 17.3 Å². The predicted molar refractivity (Wildman–Crippen MR) is 104 cm³/mol. The molecule has 29 heavy (non-hydrogen) atoms. The minimum absolute atomic E-state index is 0.0190. The molecule has 1 aliphatic heterocycles. The third kappa shape index (κ3) is 3.02. The molecule has 1 fully saturated rings. The number of phenols is 1. The zero-order chi connectivity index (χ0) is 20.5. The van der Waals surface area contributed by atoms with Crippen molar-refractivity contribution in [3.05, 3.63) is 95.6 Å². The molecule has 0 aliphatic carbocycles. The number of aliphatic hydroxyl groups is 1. The third-order valence-electron chi connectivity index (χ3n) is 4.74. The molecule has 2 aromatic carbocycles. The Balaban J connectivity index is 2.01. The Morgan fingerprint density at radius 1 is 0.966 bits per heavy atom. The molecule has 2 N–H and O–H groups in total. The number of nitrogens with zero attached hydrogens (tertiary/aromatic N) is 2. The second-order valence-electron chi connectivity index (χ2n) is 6.42. The van der Waals surface area contributed by atoms with Crippen molar-refractivity contribution in [1.82, 2.24) is 4.98 Å². The molecule has 1 unspecified atom stereocenters. The molecule has 1 aliphatic rings. The SMILES string of the molecule is O=C1C(=O)N(c2ccccc2O)C(c2ccccc2F)/C1=C(\O)c1ccncc1. The van der Waals surface area contributed by atoms with E-state index in [-0.39, 0.29) is 28.1 Å². The minimum Gasteiger partial charge on any atom is -0.507 e. The van der Waals surface area contributed by atoms with Gasteiger partial charge in [-0.2, -0.15) is 0 Å². The van der Waals surface area contributed by atoms with Gasteiger partial charge >= 0.3 is 0 Å². The van der Waals surface area contributed by atoms with Crippen molar-refractivity contribution in [2.24, 2.45) is 0 Å². The maximum atomic E-state index is 14.7. The van der Waals surface area contributed by atoms with Crippen molar-refractivity contribution in [1.29, 1.82) is 0 Å². The second-order valence-corrected chi connectivity index (χ2v) is 6.42. The summed E-state index contributed by atoms with van der Waals surface area (Å²) < 4.78 is 14.7. The van der Waals surface area contributed by atoms with Gasteiger partial charge in [0.2, 0.25) is 0 Å². The van der Waals surface area contributed by atoms with Crippen LogP contribution in [-0.2, 0) is 9.59 Å². The van der Waals surface area contributed by atoms with Crippen molar-refractivity contribution >= 4 is 23.1 Å². The van der Waals surface area contributed by atoms with Crippen LogP contribution in [0.4, 0.5) is 10.1 Å². The standard InChI is InChI=1S/C22H15FN2O4/c23-15-6-2-1-5-14(15)19-18(20(27)13-9-11-24-12-10-13)21(28)22(29)25(19)16-7-3-4-8-17(16)26/h1-12,19,26-27H/b20-18+. The van der Waals surface area contributed by atoms with E-state index in [4.69, 9.17) is 0 Å². The highest BCUT2D eigenvalue weighted by molar-refractivity contribution is 6.51. The number of ketones is 1. The highest BCUT2D eigenvalue weighted by Gasteiger charge is 2.48. The number of hydrogen-bond donors (Lipinski definition) is 2. The van der Waals surface area contributed by atoms with E-state index < -0.39 is 29.3 Å². The first-order valence-corrected chi connectivity index (χ1v) is 8.74. The Morgan fingerprint density at radius 3 is 2.31 bits per heavy atom. The number of phenolic OH excluding ortho intramolecular Hbond substituents is 1. The average molecular weight is 390 g/mol. The van der Waals surface area contributed by atoms with Crippen LogP contribution in [0.2, 0.25) is 0 Å². The van der Waals surface area contributed by atoms with Crippen molar-refractivity contribution in [2.45, 2.75) is 6.04 Å². The predicted octanol–water partition coefficient (Wildman–Crippen LogP) is 3.55. The summed E-state index contributed by atoms with van der Waals surface area (Å²) in [6.07, 6.45) is 2.85. The third-order valence-corrected chi connectivity index (χ3v) is 4.74. The quantitative estimate of drug-likeness (QED) is 0.405. The number of carbonyl (C=O) groups is 2. The summed E-state index contributed by atoms with van der Waals surface area (Å²) in [6, 6.07) is 13.3. The van der Waals surface area contributed by atoms with Crippen LogP contribution in [0.25, 0.3) is 5.76 Å². The molecular formula is C22H15FN2O4. The topological polar surface area (TPSA) is 90.7 Å². The van der Waals surface area contributed by atoms with E-state index in [1.54, 1.807) is 18.2 Å². The van der Waals surface area contributed by atoms with E-state index in [1.165, 1.54) is 54.9 Å². The van der Waals surface area contributed by atoms with E-state index in [0.29, 0.717) is 0 Å². The van der Waals surface area contributed by atoms with E-state index in [0.717, 1.165) is 4.90 Å². The van der Waals surface area contributed by atoms with Gasteiger partial charge < -0.3 is 10.2 Å². The zero-order valence-corrected chi connectivity index (χ0v) is 15.0. The smallest absolute Gasteiger partial charge is 0.300 e. The average Bonchev–Trinajstić information content (AvgIpc) is 2.99. The Kier molecular flexibility index (Phi) is 4.56. The largest absolute Gasteiger partial charge is 0.507 e. The van der Waals surface area contributed by atoms with Crippen molar-refractivity contribution in [3.8, 4) is 5.75 Å². The number of anilines is 1. The van der Waals surface area contributed by atoms with Gasteiger partial charge in [0.15, 0.2) is 0 Å². The fourth-order valence-corrected chi connectivity index (χ4v) is 3.41. The molecular weight excluding hydrogens is 375 g/mol. The van der Waals surface area contributed by atoms with Crippen LogP contribution in [0.5, 0.6) is 5.75 Å². The van der Waals surface area contributed by atoms with E-state index in [1.807, 2.05) is 0 Å². The van der Waals surface area contributed by atoms with Gasteiger partial charge in [0, 0.05) is 23.5 Å². The van der Waals surface area contributed by atoms with Crippen LogP contribution >= 0.6 is 0 Å². The number of aliphatic hydroxyl groups excluding tert-OH is 1. The summed E-state index contributed by atoms with van der Waals surface area (Å²) in [4.78, 5) is 30.6. The minimum atomic E-state index is -1.25. The van der Waals surface area contributed by atoms with E-state index >= 15 is 0 Å². The molecule has 1 saturated heterocycles. The van der Waals surface area contributed by atoms with Gasteiger partial charge in [0.25, 0.3) is 11.7 Å². The molecule has 1 amide bonds. The number of carbonyl (C=O) groups excluding carboxylic acids is 2. The molecule has 144 valence electrons. The Hall–Kier alpha value is -4.00. The lowest BCUT2D eigenvalue weighted by atomic mass is 9.95. The second kappa shape index (κ2) is 7.20. The molecule has 0 bridgehead atoms. The Morgan fingerprint density at radius 2 is 1.62 bits per heavy atom. The highest BCUT2D eigenvalue weighted by atomic mass is 19.1. The number of rotatable bonds is 3. The molecule has 0 spiro atoms. The van der Waals surface area contributed by atoms with Crippen molar-refractivity contribution in [2.75, 3.05) is 4.90 Å². The van der Waals surface area contributed by atoms with Gasteiger partial charge in [0.1, 0.15) is 17.3 Å². The molecule has 4 rings (SSSR count). The van der Waals surface area contributed by atoms with Crippen LogP contribution < -0.4 is 4.90 Å². The number of amides is 1. The number of halogens is 1. The van der Waals surface area contributed by atoms with Crippen molar-refractivity contribution in [3.63, 3.8) is 0 Å². The number of aromatic hydroxyl groups is 1. The normalized spacial score (nSPS) is 18.2. The number of pyridine rings is 1. The van der Waals surface area contributed by atoms with Gasteiger partial charge in [-0.15, -0.1) is 0 Å². The maximum absolute atomic E-state index is 14.7. The maximum Gasteiger partial charge on any atom is 0.300 e. The molecule has 3 aromatic rings. The summed E-state index contributed by atoms with van der Waals surface area (Å²) in [6.45, 7) is 0. The molecule has 0 radical (unpaired) electrons. The lowest BCUT2D eigenvalue weighted by Crippen LogP contribution is -2.29. The summed E-state index contributed by atoms with van der Waals surface area (Å²) >= 11 is 0. The lowest BCUT2D eigenvalue weighted by Gasteiger charge is -2.26. The van der Waals surface area contributed by atoms with Crippen LogP contribution in [0.3, 0.4) is 0 Å². The number of para-hydroxylation sites is 2.